The van der Waals surface area contributed by atoms with Gasteiger partial charge in [-0.2, -0.15) is 0 Å². The first-order valence-corrected chi connectivity index (χ1v) is 11.6. The fourth-order valence-electron chi connectivity index (χ4n) is 3.82. The highest BCUT2D eigenvalue weighted by Crippen LogP contribution is 2.38. The van der Waals surface area contributed by atoms with Gasteiger partial charge in [0.05, 0.1) is 11.1 Å². The second-order valence-electron chi connectivity index (χ2n) is 7.27. The van der Waals surface area contributed by atoms with E-state index in [4.69, 9.17) is 21.1 Å². The number of likely N-dealkylation sites (N-methyl/N-ethyl adjacent to an activating group) is 1. The molecule has 0 saturated carbocycles. The largest absolute Gasteiger partial charge is 0.490 e. The normalized spacial score (nSPS) is 15.8. The highest BCUT2D eigenvalue weighted by atomic mass is 79.9. The Morgan fingerprint density at radius 3 is 2.65 bits per heavy atom. The summed E-state index contributed by atoms with van der Waals surface area (Å²) in [6, 6.07) is 12.5. The third-order valence-electron chi connectivity index (χ3n) is 5.31. The average Bonchev–Trinajstić information content (AvgIpc) is 3.16. The van der Waals surface area contributed by atoms with Gasteiger partial charge in [-0.05, 0) is 72.5 Å². The van der Waals surface area contributed by atoms with E-state index in [1.807, 2.05) is 31.2 Å². The smallest absolute Gasteiger partial charge is 0.175 e. The molecule has 2 aromatic rings. The van der Waals surface area contributed by atoms with Crippen LogP contribution in [0.1, 0.15) is 37.8 Å². The van der Waals surface area contributed by atoms with Crippen molar-refractivity contribution in [1.82, 2.24) is 10.2 Å². The quantitative estimate of drug-likeness (QED) is 0.364. The Kier molecular flexibility index (Phi) is 13.2. The van der Waals surface area contributed by atoms with Crippen molar-refractivity contribution in [3.8, 4) is 11.5 Å². The number of benzene rings is 2. The Morgan fingerprint density at radius 1 is 1.16 bits per heavy atom. The minimum Gasteiger partial charge on any atom is -0.490 e. The van der Waals surface area contributed by atoms with E-state index in [1.165, 1.54) is 24.9 Å². The Hall–Kier alpha value is -0.690. The van der Waals surface area contributed by atoms with Crippen LogP contribution in [0, 0.1) is 0 Å². The molecule has 31 heavy (non-hydrogen) atoms. The predicted octanol–water partition coefficient (Wildman–Crippen LogP) is 6.50. The minimum absolute atomic E-state index is 0. The summed E-state index contributed by atoms with van der Waals surface area (Å²) in [6.45, 7) is 9.37. The number of hydrogen-bond donors (Lipinski definition) is 1. The highest BCUT2D eigenvalue weighted by molar-refractivity contribution is 9.10. The molecule has 0 amide bonds. The second-order valence-corrected chi connectivity index (χ2v) is 8.54. The molecule has 0 aliphatic carbocycles. The van der Waals surface area contributed by atoms with Gasteiger partial charge in [0.25, 0.3) is 0 Å². The molecule has 4 nitrogen and oxygen atoms in total. The predicted molar refractivity (Wildman–Crippen MR) is 138 cm³/mol. The summed E-state index contributed by atoms with van der Waals surface area (Å²) >= 11 is 9.92. The Balaban J connectivity index is 0.00000240. The average molecular weight is 555 g/mol. The van der Waals surface area contributed by atoms with Crippen LogP contribution in [0.2, 0.25) is 5.02 Å². The van der Waals surface area contributed by atoms with Gasteiger partial charge in [0.15, 0.2) is 11.5 Å². The number of nitrogens with one attached hydrogen (secondary N) is 1. The lowest BCUT2D eigenvalue weighted by atomic mass is 10.1. The second kappa shape index (κ2) is 14.5. The molecule has 0 aromatic heterocycles. The van der Waals surface area contributed by atoms with Gasteiger partial charge in [0.1, 0.15) is 6.61 Å². The lowest BCUT2D eigenvalue weighted by molar-refractivity contribution is 0.259. The maximum atomic E-state index is 6.25. The molecule has 0 bridgehead atoms. The Labute approximate surface area is 212 Å². The molecular weight excluding hydrogens is 523 g/mol. The van der Waals surface area contributed by atoms with E-state index in [0.29, 0.717) is 30.0 Å². The van der Waals surface area contributed by atoms with Crippen LogP contribution in [0.25, 0.3) is 0 Å². The van der Waals surface area contributed by atoms with Gasteiger partial charge >= 0.3 is 0 Å². The summed E-state index contributed by atoms with van der Waals surface area (Å²) in [5.74, 6) is 1.46. The van der Waals surface area contributed by atoms with Crippen molar-refractivity contribution < 1.29 is 9.47 Å². The number of halogens is 4. The van der Waals surface area contributed by atoms with Gasteiger partial charge in [-0.1, -0.05) is 36.7 Å². The summed E-state index contributed by atoms with van der Waals surface area (Å²) in [5.41, 5.74) is 2.12. The highest BCUT2D eigenvalue weighted by Gasteiger charge is 2.22. The summed E-state index contributed by atoms with van der Waals surface area (Å²) < 4.78 is 12.8. The van der Waals surface area contributed by atoms with Gasteiger partial charge in [-0.3, -0.25) is 4.90 Å². The van der Waals surface area contributed by atoms with Crippen LogP contribution in [-0.4, -0.2) is 37.2 Å². The molecule has 1 aliphatic heterocycles. The SMILES string of the molecule is CCOc1cc(CNCC2CCCN2CC)cc(Br)c1OCc1ccccc1Cl.Cl.Cl. The molecule has 1 heterocycles. The van der Waals surface area contributed by atoms with Crippen molar-refractivity contribution in [1.29, 1.82) is 0 Å². The third kappa shape index (κ3) is 7.99. The molecule has 174 valence electrons. The molecule has 1 N–H and O–H groups in total. The summed E-state index contributed by atoms with van der Waals surface area (Å²) in [7, 11) is 0. The van der Waals surface area contributed by atoms with Crippen LogP contribution in [0.4, 0.5) is 0 Å². The maximum Gasteiger partial charge on any atom is 0.175 e. The molecule has 2 aromatic carbocycles. The fraction of sp³-hybridized carbons (Fsp3) is 0.478. The van der Waals surface area contributed by atoms with Crippen molar-refractivity contribution >= 4 is 52.3 Å². The minimum atomic E-state index is 0. The number of rotatable bonds is 10. The number of ether oxygens (including phenoxy) is 2. The zero-order valence-corrected chi connectivity index (χ0v) is 22.0. The standard InChI is InChI=1S/C23H30BrClN2O2.2ClH/c1-3-27-11-7-9-19(27)15-26-14-17-12-20(24)23(22(13-17)28-4-2)29-16-18-8-5-6-10-21(18)25;;/h5-6,8,10,12-13,19,26H,3-4,7,9,11,14-16H2,1-2H3;2*1H. The molecule has 1 fully saturated rings. The third-order valence-corrected chi connectivity index (χ3v) is 6.27. The van der Waals surface area contributed by atoms with Crippen molar-refractivity contribution in [3.63, 3.8) is 0 Å². The Morgan fingerprint density at radius 2 is 1.94 bits per heavy atom. The lowest BCUT2D eigenvalue weighted by Gasteiger charge is -2.23. The van der Waals surface area contributed by atoms with Gasteiger partial charge in [-0.25, -0.2) is 0 Å². The first-order chi connectivity index (χ1) is 14.1. The number of hydrogen-bond acceptors (Lipinski definition) is 4. The molecule has 8 heteroatoms. The first-order valence-electron chi connectivity index (χ1n) is 10.4. The van der Waals surface area contributed by atoms with Gasteiger partial charge in [-0.15, -0.1) is 24.8 Å². The summed E-state index contributed by atoms with van der Waals surface area (Å²) in [6.07, 6.45) is 2.58. The van der Waals surface area contributed by atoms with Crippen molar-refractivity contribution in [2.45, 2.75) is 45.9 Å². The molecule has 1 atom stereocenters. The molecule has 0 spiro atoms. The van der Waals surface area contributed by atoms with Crippen LogP contribution < -0.4 is 14.8 Å². The van der Waals surface area contributed by atoms with E-state index in [9.17, 15) is 0 Å². The van der Waals surface area contributed by atoms with Crippen molar-refractivity contribution in [2.75, 3.05) is 26.2 Å². The van der Waals surface area contributed by atoms with E-state index < -0.39 is 0 Å². The fourth-order valence-corrected chi connectivity index (χ4v) is 4.61. The number of likely N-dealkylation sites (tertiary alicyclic amines) is 1. The van der Waals surface area contributed by atoms with E-state index in [-0.39, 0.29) is 24.8 Å². The van der Waals surface area contributed by atoms with Gasteiger partial charge in [0, 0.05) is 29.7 Å². The lowest BCUT2D eigenvalue weighted by Crippen LogP contribution is -2.37. The van der Waals surface area contributed by atoms with Crippen LogP contribution in [-0.2, 0) is 13.2 Å². The summed E-state index contributed by atoms with van der Waals surface area (Å²) in [5, 5.41) is 4.32. The molecule has 3 rings (SSSR count). The molecule has 0 radical (unpaired) electrons. The van der Waals surface area contributed by atoms with Crippen LogP contribution in [0.3, 0.4) is 0 Å². The molecule has 1 aliphatic rings. The molecule has 1 unspecified atom stereocenters. The first kappa shape index (κ1) is 28.3. The zero-order valence-electron chi connectivity index (χ0n) is 18.0. The van der Waals surface area contributed by atoms with E-state index in [0.717, 1.165) is 35.4 Å². The number of nitrogens with zero attached hydrogens (tertiary/aromatic N) is 1. The van der Waals surface area contributed by atoms with E-state index >= 15 is 0 Å². The molecular formula is C23H32BrCl3N2O2. The maximum absolute atomic E-state index is 6.25. The zero-order chi connectivity index (χ0) is 20.6. The van der Waals surface area contributed by atoms with Crippen LogP contribution in [0.15, 0.2) is 40.9 Å². The molecule has 1 saturated heterocycles. The van der Waals surface area contributed by atoms with Gasteiger partial charge in [0.2, 0.25) is 0 Å². The topological polar surface area (TPSA) is 33.7 Å². The van der Waals surface area contributed by atoms with Crippen LogP contribution >= 0.6 is 52.3 Å². The van der Waals surface area contributed by atoms with Crippen LogP contribution in [0.5, 0.6) is 11.5 Å². The van der Waals surface area contributed by atoms with E-state index in [2.05, 4.69) is 45.2 Å². The monoisotopic (exact) mass is 552 g/mol. The van der Waals surface area contributed by atoms with Crippen molar-refractivity contribution in [3.05, 3.63) is 57.0 Å². The Bertz CT molecular complexity index is 810. The van der Waals surface area contributed by atoms with Gasteiger partial charge < -0.3 is 14.8 Å². The van der Waals surface area contributed by atoms with E-state index in [1.54, 1.807) is 0 Å². The summed E-state index contributed by atoms with van der Waals surface area (Å²) in [4.78, 5) is 2.56. The van der Waals surface area contributed by atoms with Crippen molar-refractivity contribution in [2.24, 2.45) is 0 Å².